The zero-order chi connectivity index (χ0) is 15.0. The van der Waals surface area contributed by atoms with E-state index in [-0.39, 0.29) is 18.8 Å². The second-order valence-corrected chi connectivity index (χ2v) is 4.84. The number of hydrogen-bond donors (Lipinski definition) is 3. The van der Waals surface area contributed by atoms with Crippen LogP contribution in [0.15, 0.2) is 29.2 Å². The summed E-state index contributed by atoms with van der Waals surface area (Å²) in [6.07, 6.45) is -0.0609. The first-order valence-corrected chi connectivity index (χ1v) is 6.82. The summed E-state index contributed by atoms with van der Waals surface area (Å²) < 4.78 is 0. The Balaban J connectivity index is 2.86. The number of nitrogens with zero attached hydrogens (tertiary/aromatic N) is 1. The van der Waals surface area contributed by atoms with Crippen molar-refractivity contribution in [2.45, 2.75) is 17.4 Å². The SMILES string of the molecule is N#CCSc1ccccc1C(=O)N[C@H](CCO)C(=O)O. The Bertz CT molecular complexity index is 527. The number of hydrogen-bond acceptors (Lipinski definition) is 5. The first-order chi connectivity index (χ1) is 9.60. The Labute approximate surface area is 120 Å². The molecule has 1 atom stereocenters. The van der Waals surface area contributed by atoms with E-state index in [0.717, 1.165) is 0 Å². The summed E-state index contributed by atoms with van der Waals surface area (Å²) in [6.45, 7) is -0.331. The lowest BCUT2D eigenvalue weighted by Crippen LogP contribution is -2.41. The molecule has 1 rings (SSSR count). The second-order valence-electron chi connectivity index (χ2n) is 3.82. The van der Waals surface area contributed by atoms with E-state index in [9.17, 15) is 9.59 Å². The van der Waals surface area contributed by atoms with Gasteiger partial charge in [-0.25, -0.2) is 4.79 Å². The third kappa shape index (κ3) is 4.57. The average molecular weight is 294 g/mol. The topological polar surface area (TPSA) is 110 Å². The van der Waals surface area contributed by atoms with Crippen LogP contribution in [0.2, 0.25) is 0 Å². The second kappa shape index (κ2) is 8.19. The van der Waals surface area contributed by atoms with Crippen molar-refractivity contribution in [2.75, 3.05) is 12.4 Å². The molecular formula is C13H14N2O4S. The maximum atomic E-state index is 12.1. The average Bonchev–Trinajstić information content (AvgIpc) is 2.44. The van der Waals surface area contributed by atoms with Gasteiger partial charge in [0.1, 0.15) is 6.04 Å². The van der Waals surface area contributed by atoms with Crippen molar-refractivity contribution in [1.29, 1.82) is 5.26 Å². The van der Waals surface area contributed by atoms with E-state index in [1.807, 2.05) is 6.07 Å². The summed E-state index contributed by atoms with van der Waals surface area (Å²) in [6, 6.07) is 7.48. The van der Waals surface area contributed by atoms with E-state index in [1.165, 1.54) is 11.8 Å². The molecule has 0 radical (unpaired) electrons. The van der Waals surface area contributed by atoms with Crippen molar-refractivity contribution in [3.8, 4) is 6.07 Å². The molecule has 20 heavy (non-hydrogen) atoms. The Morgan fingerprint density at radius 1 is 1.40 bits per heavy atom. The van der Waals surface area contributed by atoms with Crippen molar-refractivity contribution in [2.24, 2.45) is 0 Å². The van der Waals surface area contributed by atoms with Crippen LogP contribution in [0.3, 0.4) is 0 Å². The zero-order valence-corrected chi connectivity index (χ0v) is 11.4. The van der Waals surface area contributed by atoms with Gasteiger partial charge >= 0.3 is 5.97 Å². The molecule has 1 aromatic carbocycles. The summed E-state index contributed by atoms with van der Waals surface area (Å²) in [5.74, 6) is -1.54. The smallest absolute Gasteiger partial charge is 0.326 e. The molecule has 1 amide bonds. The van der Waals surface area contributed by atoms with E-state index in [0.29, 0.717) is 10.5 Å². The normalized spacial score (nSPS) is 11.4. The standard InChI is InChI=1S/C13H14N2O4S/c14-6-8-20-11-4-2-1-3-9(11)12(17)15-10(5-7-16)13(18)19/h1-4,10,16H,5,7-8H2,(H,15,17)(H,18,19)/t10-/m1/s1. The number of aliphatic hydroxyl groups excluding tert-OH is 1. The molecular weight excluding hydrogens is 280 g/mol. The summed E-state index contributed by atoms with van der Waals surface area (Å²) in [7, 11) is 0. The summed E-state index contributed by atoms with van der Waals surface area (Å²) in [5.41, 5.74) is 0.317. The highest BCUT2D eigenvalue weighted by Crippen LogP contribution is 2.22. The maximum Gasteiger partial charge on any atom is 0.326 e. The van der Waals surface area contributed by atoms with Crippen molar-refractivity contribution in [3.63, 3.8) is 0 Å². The largest absolute Gasteiger partial charge is 0.480 e. The number of carboxylic acid groups (broad SMARTS) is 1. The first-order valence-electron chi connectivity index (χ1n) is 5.83. The molecule has 0 fully saturated rings. The van der Waals surface area contributed by atoms with Crippen molar-refractivity contribution >= 4 is 23.6 Å². The molecule has 0 aliphatic rings. The molecule has 3 N–H and O–H groups in total. The Morgan fingerprint density at radius 3 is 2.70 bits per heavy atom. The van der Waals surface area contributed by atoms with Gasteiger partial charge in [0.05, 0.1) is 17.4 Å². The molecule has 106 valence electrons. The van der Waals surface area contributed by atoms with E-state index in [2.05, 4.69) is 5.32 Å². The van der Waals surface area contributed by atoms with Crippen LogP contribution in [0.4, 0.5) is 0 Å². The molecule has 0 heterocycles. The summed E-state index contributed by atoms with van der Waals surface area (Å²) in [4.78, 5) is 23.6. The zero-order valence-electron chi connectivity index (χ0n) is 10.6. The first kappa shape index (κ1) is 16.0. The Hall–Kier alpha value is -2.04. The highest BCUT2D eigenvalue weighted by molar-refractivity contribution is 7.99. The van der Waals surface area contributed by atoms with E-state index >= 15 is 0 Å². The highest BCUT2D eigenvalue weighted by Gasteiger charge is 2.21. The van der Waals surface area contributed by atoms with E-state index in [4.69, 9.17) is 15.5 Å². The van der Waals surface area contributed by atoms with Gasteiger partial charge in [0.25, 0.3) is 5.91 Å². The fraction of sp³-hybridized carbons (Fsp3) is 0.308. The molecule has 7 heteroatoms. The Kier molecular flexibility index (Phi) is 6.56. The molecule has 0 spiro atoms. The van der Waals surface area contributed by atoms with Gasteiger partial charge in [0.15, 0.2) is 0 Å². The third-order valence-corrected chi connectivity index (χ3v) is 3.39. The minimum absolute atomic E-state index is 0.0609. The highest BCUT2D eigenvalue weighted by atomic mass is 32.2. The molecule has 0 unspecified atom stereocenters. The van der Waals surface area contributed by atoms with Crippen LogP contribution in [0.5, 0.6) is 0 Å². The molecule has 0 aromatic heterocycles. The molecule has 0 aliphatic heterocycles. The number of aliphatic carboxylic acids is 1. The van der Waals surface area contributed by atoms with Crippen molar-refractivity contribution < 1.29 is 19.8 Å². The molecule has 0 bridgehead atoms. The quantitative estimate of drug-likeness (QED) is 0.643. The van der Waals surface area contributed by atoms with Crippen LogP contribution in [-0.2, 0) is 4.79 Å². The number of carbonyl (C=O) groups is 2. The maximum absolute atomic E-state index is 12.1. The molecule has 0 saturated heterocycles. The molecule has 0 aliphatic carbocycles. The minimum atomic E-state index is -1.20. The number of nitriles is 1. The van der Waals surface area contributed by atoms with Gasteiger partial charge in [0.2, 0.25) is 0 Å². The monoisotopic (exact) mass is 294 g/mol. The lowest BCUT2D eigenvalue weighted by molar-refractivity contribution is -0.139. The fourth-order valence-electron chi connectivity index (χ4n) is 1.51. The van der Waals surface area contributed by atoms with Gasteiger partial charge in [0, 0.05) is 17.9 Å². The molecule has 0 saturated carbocycles. The number of aliphatic hydroxyl groups is 1. The summed E-state index contributed by atoms with van der Waals surface area (Å²) in [5, 5.41) is 28.6. The number of carbonyl (C=O) groups excluding carboxylic acids is 1. The minimum Gasteiger partial charge on any atom is -0.480 e. The van der Waals surface area contributed by atoms with E-state index < -0.39 is 17.9 Å². The third-order valence-electron chi connectivity index (χ3n) is 2.45. The van der Waals surface area contributed by atoms with Crippen molar-refractivity contribution in [3.05, 3.63) is 29.8 Å². The van der Waals surface area contributed by atoms with Crippen LogP contribution >= 0.6 is 11.8 Å². The van der Waals surface area contributed by atoms with Gasteiger partial charge in [-0.3, -0.25) is 4.79 Å². The van der Waals surface area contributed by atoms with Crippen LogP contribution in [-0.4, -0.2) is 40.5 Å². The lowest BCUT2D eigenvalue weighted by atomic mass is 10.1. The fourth-order valence-corrected chi connectivity index (χ4v) is 2.22. The number of rotatable bonds is 7. The predicted octanol–water partition coefficient (Wildman–Crippen LogP) is 0.868. The lowest BCUT2D eigenvalue weighted by Gasteiger charge is -2.14. The summed E-state index contributed by atoms with van der Waals surface area (Å²) >= 11 is 1.21. The number of benzene rings is 1. The van der Waals surface area contributed by atoms with Crippen LogP contribution in [0.25, 0.3) is 0 Å². The molecule has 6 nitrogen and oxygen atoms in total. The van der Waals surface area contributed by atoms with Gasteiger partial charge in [-0.2, -0.15) is 5.26 Å². The number of carboxylic acids is 1. The molecule has 1 aromatic rings. The van der Waals surface area contributed by atoms with Crippen LogP contribution < -0.4 is 5.32 Å². The number of thioether (sulfide) groups is 1. The Morgan fingerprint density at radius 2 is 2.10 bits per heavy atom. The van der Waals surface area contributed by atoms with E-state index in [1.54, 1.807) is 24.3 Å². The number of amides is 1. The van der Waals surface area contributed by atoms with Gasteiger partial charge in [-0.15, -0.1) is 11.8 Å². The van der Waals surface area contributed by atoms with Crippen molar-refractivity contribution in [1.82, 2.24) is 5.32 Å². The number of nitrogens with one attached hydrogen (secondary N) is 1. The predicted molar refractivity (Wildman–Crippen MR) is 73.4 cm³/mol. The van der Waals surface area contributed by atoms with Gasteiger partial charge in [-0.1, -0.05) is 12.1 Å². The van der Waals surface area contributed by atoms with Gasteiger partial charge in [-0.05, 0) is 12.1 Å². The van der Waals surface area contributed by atoms with Crippen LogP contribution in [0.1, 0.15) is 16.8 Å². The van der Waals surface area contributed by atoms with Gasteiger partial charge < -0.3 is 15.5 Å². The van der Waals surface area contributed by atoms with Crippen LogP contribution in [0, 0.1) is 11.3 Å².